The van der Waals surface area contributed by atoms with Gasteiger partial charge in [0.25, 0.3) is 11.8 Å². The Kier molecular flexibility index (Phi) is 12.9. The molecule has 0 radical (unpaired) electrons. The van der Waals surface area contributed by atoms with E-state index in [1.165, 1.54) is 4.68 Å². The predicted molar refractivity (Wildman–Crippen MR) is 127 cm³/mol. The Morgan fingerprint density at radius 2 is 1.91 bits per heavy atom. The molecule has 1 aromatic carbocycles. The third-order valence-corrected chi connectivity index (χ3v) is 4.85. The molecule has 1 atom stereocenters. The number of hydrogen-bond acceptors (Lipinski definition) is 6. The van der Waals surface area contributed by atoms with Gasteiger partial charge in [0.05, 0.1) is 17.8 Å². The summed E-state index contributed by atoms with van der Waals surface area (Å²) in [7, 11) is 1.56. The smallest absolute Gasteiger partial charge is 0.796 e. The average Bonchev–Trinajstić information content (AvgIpc) is 3.19. The number of fused-ring (bicyclic) bond motifs is 1. The first-order chi connectivity index (χ1) is 15.4. The number of pyridine rings is 1. The number of aliphatic hydroxyl groups excluding tert-OH is 1. The van der Waals surface area contributed by atoms with Crippen LogP contribution in [0.4, 0.5) is 8.78 Å². The number of carbonyl (C=O) groups is 1. The Labute approximate surface area is 219 Å². The summed E-state index contributed by atoms with van der Waals surface area (Å²) in [5.41, 5.74) is -0.520. The van der Waals surface area contributed by atoms with Crippen LogP contribution in [0.2, 0.25) is 0 Å². The van der Waals surface area contributed by atoms with Crippen molar-refractivity contribution in [2.75, 3.05) is 12.9 Å². The number of nitrogens with zero attached hydrogens (tertiary/aromatic N) is 3. The van der Waals surface area contributed by atoms with Gasteiger partial charge in [0.2, 0.25) is 0 Å². The Morgan fingerprint density at radius 1 is 1.26 bits per heavy atom. The van der Waals surface area contributed by atoms with Gasteiger partial charge in [0, 0.05) is 25.1 Å². The molecule has 3 aromatic rings. The van der Waals surface area contributed by atoms with E-state index >= 15 is 0 Å². The van der Waals surface area contributed by atoms with Gasteiger partial charge >= 0.3 is 21.1 Å². The minimum absolute atomic E-state index is 0. The van der Waals surface area contributed by atoms with E-state index in [1.807, 2.05) is 26.0 Å². The standard InChI is InChI=1S/C19H18F2N4O3.C2H6.CH4S.CH3.W/c1-25-16(17(27)23-18(11-26)10-19(18,20)21)14-8-13(5-6-15(14)24-25)28-9-12-4-2-3-7-22-12;2*1-2;;/h2-8,26H,9-11H2,1H3,(H,23,27);1-2H3;2H,1H3;1H3;/q;;;-1;+2/p-1. The summed E-state index contributed by atoms with van der Waals surface area (Å²) in [6.45, 7) is 3.41. The van der Waals surface area contributed by atoms with Gasteiger partial charge in [-0.2, -0.15) is 11.4 Å². The fourth-order valence-electron chi connectivity index (χ4n) is 3.14. The number of aromatic nitrogens is 3. The molecular weight excluding hydrogens is 634 g/mol. The van der Waals surface area contributed by atoms with Crippen LogP contribution in [0.5, 0.6) is 5.75 Å². The first kappa shape index (κ1) is 32.0. The number of carbonyl (C=O) groups excluding carboxylic acids is 1. The maximum atomic E-state index is 13.6. The van der Waals surface area contributed by atoms with Crippen molar-refractivity contribution in [1.29, 1.82) is 0 Å². The van der Waals surface area contributed by atoms with Crippen LogP contribution in [0, 0.1) is 7.43 Å². The summed E-state index contributed by atoms with van der Waals surface area (Å²) in [6.07, 6.45) is 2.66. The summed E-state index contributed by atoms with van der Waals surface area (Å²) in [4.78, 5) is 16.8. The number of alkyl halides is 2. The van der Waals surface area contributed by atoms with Gasteiger partial charge in [0.1, 0.15) is 23.6 Å². The molecule has 2 aromatic heterocycles. The molecule has 4 rings (SSSR count). The van der Waals surface area contributed by atoms with E-state index in [4.69, 9.17) is 4.74 Å². The summed E-state index contributed by atoms with van der Waals surface area (Å²) < 4.78 is 34.2. The molecule has 2 N–H and O–H groups in total. The number of nitrogens with one attached hydrogen (secondary N) is 1. The molecule has 1 unspecified atom stereocenters. The van der Waals surface area contributed by atoms with Gasteiger partial charge in [-0.25, -0.2) is 8.78 Å². The second kappa shape index (κ2) is 13.8. The SMILES string of the molecule is CC.C[S-].Cn1nc2ccc(OCc3ccccn3)cc2c1C(=O)NC1(CO)CC1(F)F.[CH3-].[W+2]. The number of hydrogen-bond donors (Lipinski definition) is 2. The molecule has 1 aliphatic carbocycles. The summed E-state index contributed by atoms with van der Waals surface area (Å²) in [5, 5.41) is 16.3. The van der Waals surface area contributed by atoms with Gasteiger partial charge in [-0.05, 0) is 30.3 Å². The van der Waals surface area contributed by atoms with E-state index in [2.05, 4.69) is 28.0 Å². The van der Waals surface area contributed by atoms with Gasteiger partial charge in [0.15, 0.2) is 0 Å². The van der Waals surface area contributed by atoms with Crippen LogP contribution in [-0.2, 0) is 47.3 Å². The van der Waals surface area contributed by atoms with Gasteiger partial charge < -0.3 is 35.2 Å². The molecule has 0 bridgehead atoms. The second-order valence-corrected chi connectivity index (χ2v) is 6.84. The molecular formula is C23H30F2N4O3SW. The Balaban J connectivity index is 0.00000173. The molecule has 11 heteroatoms. The maximum absolute atomic E-state index is 13.6. The number of amides is 1. The van der Waals surface area contributed by atoms with Crippen molar-refractivity contribution >= 4 is 29.4 Å². The molecule has 1 fully saturated rings. The molecule has 0 spiro atoms. The zero-order valence-electron chi connectivity index (χ0n) is 19.8. The topological polar surface area (TPSA) is 89.3 Å². The first-order valence-electron chi connectivity index (χ1n) is 10.1. The quantitative estimate of drug-likeness (QED) is 0.309. The molecule has 0 saturated heterocycles. The van der Waals surface area contributed by atoms with Crippen LogP contribution in [0.25, 0.3) is 10.9 Å². The van der Waals surface area contributed by atoms with Gasteiger partial charge in [-0.3, -0.25) is 14.5 Å². The van der Waals surface area contributed by atoms with Crippen molar-refractivity contribution < 1.29 is 44.5 Å². The third-order valence-electron chi connectivity index (χ3n) is 4.85. The van der Waals surface area contributed by atoms with Crippen molar-refractivity contribution in [1.82, 2.24) is 20.1 Å². The Bertz CT molecular complexity index is 1050. The third kappa shape index (κ3) is 6.77. The Hall–Kier alpha value is -2.03. The number of ether oxygens (including phenoxy) is 1. The number of halogens is 2. The van der Waals surface area contributed by atoms with Crippen molar-refractivity contribution in [2.45, 2.75) is 38.3 Å². The van der Waals surface area contributed by atoms with E-state index in [0.29, 0.717) is 16.7 Å². The minimum atomic E-state index is -3.12. The van der Waals surface area contributed by atoms with E-state index < -0.39 is 30.4 Å². The van der Waals surface area contributed by atoms with Crippen molar-refractivity contribution in [3.63, 3.8) is 0 Å². The molecule has 1 aliphatic rings. The van der Waals surface area contributed by atoms with Crippen molar-refractivity contribution in [3.05, 3.63) is 61.4 Å². The molecule has 1 amide bonds. The van der Waals surface area contributed by atoms with Crippen LogP contribution in [0.15, 0.2) is 42.6 Å². The molecule has 186 valence electrons. The number of aliphatic hydroxyl groups is 1. The first-order valence-corrected chi connectivity index (χ1v) is 10.9. The minimum Gasteiger partial charge on any atom is -0.796 e. The monoisotopic (exact) mass is 664 g/mol. The zero-order valence-corrected chi connectivity index (χ0v) is 23.6. The predicted octanol–water partition coefficient (Wildman–Crippen LogP) is 3.68. The molecule has 34 heavy (non-hydrogen) atoms. The molecule has 0 aliphatic heterocycles. The van der Waals surface area contributed by atoms with Crippen LogP contribution < -0.4 is 10.1 Å². The van der Waals surface area contributed by atoms with Crippen LogP contribution in [0.3, 0.4) is 0 Å². The fraction of sp³-hybridized carbons (Fsp3) is 0.391. The number of rotatable bonds is 6. The Morgan fingerprint density at radius 3 is 2.44 bits per heavy atom. The van der Waals surface area contributed by atoms with Gasteiger partial charge in [-0.1, -0.05) is 19.9 Å². The second-order valence-electron chi connectivity index (χ2n) is 6.84. The number of benzene rings is 1. The van der Waals surface area contributed by atoms with E-state index in [1.54, 1.807) is 43.8 Å². The average molecular weight is 664 g/mol. The van der Waals surface area contributed by atoms with Gasteiger partial charge in [-0.15, -0.1) is 0 Å². The van der Waals surface area contributed by atoms with E-state index in [-0.39, 0.29) is 40.8 Å². The largest absolute Gasteiger partial charge is 2.00 e. The maximum Gasteiger partial charge on any atom is 2.00 e. The molecule has 7 nitrogen and oxygen atoms in total. The van der Waals surface area contributed by atoms with Crippen LogP contribution >= 0.6 is 0 Å². The summed E-state index contributed by atoms with van der Waals surface area (Å²) in [6, 6.07) is 10.5. The van der Waals surface area contributed by atoms with Crippen LogP contribution in [-0.4, -0.2) is 50.1 Å². The zero-order chi connectivity index (χ0) is 23.9. The van der Waals surface area contributed by atoms with E-state index in [0.717, 1.165) is 5.69 Å². The normalized spacial score (nSPS) is 16.9. The summed E-state index contributed by atoms with van der Waals surface area (Å²) >= 11 is 4.08. The fourth-order valence-corrected chi connectivity index (χ4v) is 3.14. The molecule has 2 heterocycles. The van der Waals surface area contributed by atoms with Crippen molar-refractivity contribution in [3.8, 4) is 5.75 Å². The number of aryl methyl sites for hydroxylation is 1. The van der Waals surface area contributed by atoms with E-state index in [9.17, 15) is 18.7 Å². The van der Waals surface area contributed by atoms with Crippen LogP contribution in [0.1, 0.15) is 36.5 Å². The molecule has 1 saturated carbocycles. The van der Waals surface area contributed by atoms with Crippen molar-refractivity contribution in [2.24, 2.45) is 7.05 Å². The summed E-state index contributed by atoms with van der Waals surface area (Å²) in [5.74, 6) is -3.35.